The van der Waals surface area contributed by atoms with Gasteiger partial charge in [-0.3, -0.25) is 4.79 Å². The van der Waals surface area contributed by atoms with Gasteiger partial charge in [0.05, 0.1) is 13.3 Å². The summed E-state index contributed by atoms with van der Waals surface area (Å²) in [5, 5.41) is 4.70. The third kappa shape index (κ3) is 7.34. The molecular formula is C28H27Cl4N3O2. The monoisotopic (exact) mass is 577 g/mol. The van der Waals surface area contributed by atoms with Crippen molar-refractivity contribution in [3.63, 3.8) is 0 Å². The summed E-state index contributed by atoms with van der Waals surface area (Å²) < 4.78 is 6.30. The Bertz CT molecular complexity index is 1220. The second-order valence-corrected chi connectivity index (χ2v) is 10.5. The molecular weight excluding hydrogens is 552 g/mol. The standard InChI is InChI=1S/C28H27Cl4N3O2/c1-19(28(36)33-16-20-5-3-2-4-6-20)34-13-14-35(18-34)27(32)26(21-7-10-23(29)11-8-21)37-17-22-9-12-24(30)15-25(22)31/h2-15,19,26-27H,16-18H2,1H3,(H,33,36). The van der Waals surface area contributed by atoms with Gasteiger partial charge in [0, 0.05) is 34.0 Å². The highest BCUT2D eigenvalue weighted by atomic mass is 35.5. The molecule has 9 heteroatoms. The van der Waals surface area contributed by atoms with Crippen molar-refractivity contribution in [2.24, 2.45) is 0 Å². The van der Waals surface area contributed by atoms with Crippen LogP contribution in [0.4, 0.5) is 0 Å². The second-order valence-electron chi connectivity index (χ2n) is 8.74. The number of amides is 1. The van der Waals surface area contributed by atoms with Crippen LogP contribution in [0.15, 0.2) is 85.2 Å². The molecule has 3 unspecified atom stereocenters. The van der Waals surface area contributed by atoms with E-state index in [-0.39, 0.29) is 18.6 Å². The maximum absolute atomic E-state index is 12.8. The van der Waals surface area contributed by atoms with Gasteiger partial charge >= 0.3 is 0 Å². The largest absolute Gasteiger partial charge is 0.365 e. The van der Waals surface area contributed by atoms with Crippen LogP contribution in [0.25, 0.3) is 0 Å². The number of hydrogen-bond acceptors (Lipinski definition) is 4. The molecule has 0 saturated carbocycles. The van der Waals surface area contributed by atoms with Crippen molar-refractivity contribution in [3.8, 4) is 0 Å². The van der Waals surface area contributed by atoms with Crippen LogP contribution in [0.5, 0.6) is 0 Å². The first-order chi connectivity index (χ1) is 17.8. The quantitative estimate of drug-likeness (QED) is 0.204. The maximum Gasteiger partial charge on any atom is 0.242 e. The third-order valence-corrected chi connectivity index (χ3v) is 7.48. The molecule has 3 aromatic rings. The van der Waals surface area contributed by atoms with Gasteiger partial charge in [-0.1, -0.05) is 94.9 Å². The Labute approximate surface area is 237 Å². The van der Waals surface area contributed by atoms with Crippen LogP contribution in [0.3, 0.4) is 0 Å². The molecule has 3 atom stereocenters. The number of nitrogens with one attached hydrogen (secondary N) is 1. The summed E-state index contributed by atoms with van der Waals surface area (Å²) in [5.41, 5.74) is 2.16. The maximum atomic E-state index is 12.8. The Morgan fingerprint density at radius 3 is 2.32 bits per heavy atom. The van der Waals surface area contributed by atoms with Crippen LogP contribution in [0.2, 0.25) is 15.1 Å². The van der Waals surface area contributed by atoms with Gasteiger partial charge in [-0.05, 0) is 47.9 Å². The normalized spacial score (nSPS) is 15.5. The number of benzene rings is 3. The Balaban J connectivity index is 1.41. The van der Waals surface area contributed by atoms with Crippen LogP contribution in [-0.2, 0) is 22.7 Å². The molecule has 37 heavy (non-hydrogen) atoms. The van der Waals surface area contributed by atoms with E-state index in [1.54, 1.807) is 24.3 Å². The van der Waals surface area contributed by atoms with E-state index >= 15 is 0 Å². The SMILES string of the molecule is CC(C(=O)NCc1ccccc1)N1C=CN(C(Cl)C(OCc2ccc(Cl)cc2Cl)c2ccc(Cl)cc2)C1. The zero-order chi connectivity index (χ0) is 26.4. The summed E-state index contributed by atoms with van der Waals surface area (Å²) in [6, 6.07) is 22.1. The van der Waals surface area contributed by atoms with E-state index in [2.05, 4.69) is 5.32 Å². The summed E-state index contributed by atoms with van der Waals surface area (Å²) in [5.74, 6) is -0.0654. The van der Waals surface area contributed by atoms with E-state index in [1.807, 2.05) is 77.7 Å². The zero-order valence-corrected chi connectivity index (χ0v) is 23.2. The van der Waals surface area contributed by atoms with Crippen molar-refractivity contribution in [3.05, 3.63) is 117 Å². The Hall–Kier alpha value is -2.41. The van der Waals surface area contributed by atoms with Crippen molar-refractivity contribution in [2.75, 3.05) is 6.67 Å². The summed E-state index contributed by atoms with van der Waals surface area (Å²) in [6.07, 6.45) is 3.25. The number of rotatable bonds is 10. The average molecular weight is 579 g/mol. The molecule has 0 bridgehead atoms. The van der Waals surface area contributed by atoms with Crippen molar-refractivity contribution in [1.29, 1.82) is 0 Å². The molecule has 1 aliphatic heterocycles. The minimum atomic E-state index is -0.562. The van der Waals surface area contributed by atoms with Crippen LogP contribution in [0, 0.1) is 0 Å². The predicted molar refractivity (Wildman–Crippen MR) is 151 cm³/mol. The third-order valence-electron chi connectivity index (χ3n) is 6.16. The number of carbonyl (C=O) groups is 1. The van der Waals surface area contributed by atoms with E-state index in [0.717, 1.165) is 16.7 Å². The van der Waals surface area contributed by atoms with Gasteiger partial charge in [-0.2, -0.15) is 0 Å². The van der Waals surface area contributed by atoms with E-state index in [4.69, 9.17) is 51.1 Å². The first-order valence-electron chi connectivity index (χ1n) is 11.8. The number of carbonyl (C=O) groups excluding carboxylic acids is 1. The van der Waals surface area contributed by atoms with Gasteiger partial charge in [-0.15, -0.1) is 0 Å². The number of hydrogen-bond donors (Lipinski definition) is 1. The zero-order valence-electron chi connectivity index (χ0n) is 20.2. The fourth-order valence-electron chi connectivity index (χ4n) is 3.93. The van der Waals surface area contributed by atoms with E-state index < -0.39 is 11.6 Å². The summed E-state index contributed by atoms with van der Waals surface area (Å²) in [4.78, 5) is 16.7. The Morgan fingerprint density at radius 1 is 0.946 bits per heavy atom. The lowest BCUT2D eigenvalue weighted by Crippen LogP contribution is -2.45. The fourth-order valence-corrected chi connectivity index (χ4v) is 4.86. The van der Waals surface area contributed by atoms with Crippen molar-refractivity contribution < 1.29 is 9.53 Å². The molecule has 0 radical (unpaired) electrons. The van der Waals surface area contributed by atoms with Gasteiger partial charge < -0.3 is 19.9 Å². The minimum absolute atomic E-state index is 0.0654. The summed E-state index contributed by atoms with van der Waals surface area (Å²) in [7, 11) is 0. The lowest BCUT2D eigenvalue weighted by molar-refractivity contribution is -0.125. The molecule has 0 aromatic heterocycles. The molecule has 0 saturated heterocycles. The highest BCUT2D eigenvalue weighted by molar-refractivity contribution is 6.35. The van der Waals surface area contributed by atoms with Crippen LogP contribution in [-0.4, -0.2) is 33.9 Å². The first-order valence-corrected chi connectivity index (χ1v) is 13.4. The predicted octanol–water partition coefficient (Wildman–Crippen LogP) is 7.22. The van der Waals surface area contributed by atoms with Gasteiger partial charge in [0.2, 0.25) is 5.91 Å². The molecule has 5 nitrogen and oxygen atoms in total. The van der Waals surface area contributed by atoms with Gasteiger partial charge in [0.15, 0.2) is 0 Å². The number of ether oxygens (including phenoxy) is 1. The molecule has 1 aliphatic rings. The molecule has 0 fully saturated rings. The lowest BCUT2D eigenvalue weighted by Gasteiger charge is -2.33. The molecule has 194 valence electrons. The van der Waals surface area contributed by atoms with Gasteiger partial charge in [0.25, 0.3) is 0 Å². The average Bonchev–Trinajstić information content (AvgIpc) is 3.40. The van der Waals surface area contributed by atoms with Crippen molar-refractivity contribution >= 4 is 52.3 Å². The molecule has 1 N–H and O–H groups in total. The Morgan fingerprint density at radius 2 is 1.62 bits per heavy atom. The first kappa shape index (κ1) is 27.6. The van der Waals surface area contributed by atoms with E-state index in [9.17, 15) is 4.79 Å². The van der Waals surface area contributed by atoms with E-state index in [0.29, 0.717) is 28.3 Å². The van der Waals surface area contributed by atoms with E-state index in [1.165, 1.54) is 0 Å². The molecule has 4 rings (SSSR count). The van der Waals surface area contributed by atoms with Crippen molar-refractivity contribution in [2.45, 2.75) is 37.7 Å². The highest BCUT2D eigenvalue weighted by Gasteiger charge is 2.32. The molecule has 3 aromatic carbocycles. The topological polar surface area (TPSA) is 44.8 Å². The van der Waals surface area contributed by atoms with Gasteiger partial charge in [0.1, 0.15) is 17.6 Å². The number of halogens is 4. The summed E-state index contributed by atoms with van der Waals surface area (Å²) >= 11 is 25.5. The second kappa shape index (κ2) is 12.9. The van der Waals surface area contributed by atoms with Crippen molar-refractivity contribution in [1.82, 2.24) is 15.1 Å². The number of alkyl halides is 1. The molecule has 0 spiro atoms. The Kier molecular flexibility index (Phi) is 9.63. The fraction of sp³-hybridized carbons (Fsp3) is 0.250. The number of nitrogens with zero attached hydrogens (tertiary/aromatic N) is 2. The van der Waals surface area contributed by atoms with Crippen LogP contribution >= 0.6 is 46.4 Å². The molecule has 1 amide bonds. The van der Waals surface area contributed by atoms with Gasteiger partial charge in [-0.25, -0.2) is 0 Å². The minimum Gasteiger partial charge on any atom is -0.365 e. The smallest absolute Gasteiger partial charge is 0.242 e. The molecule has 0 aliphatic carbocycles. The van der Waals surface area contributed by atoms with Crippen LogP contribution in [0.1, 0.15) is 29.7 Å². The molecule has 1 heterocycles. The summed E-state index contributed by atoms with van der Waals surface area (Å²) in [6.45, 7) is 3.02. The highest BCUT2D eigenvalue weighted by Crippen LogP contribution is 2.33. The lowest BCUT2D eigenvalue weighted by atomic mass is 10.1. The van der Waals surface area contributed by atoms with Crippen LogP contribution < -0.4 is 5.32 Å².